The SMILES string of the molecule is CCOC(=O)C1C=C(C#N)OC(OCC)C1Br. The molecule has 0 fully saturated rings. The van der Waals surface area contributed by atoms with Gasteiger partial charge in [0.05, 0.1) is 17.4 Å². The van der Waals surface area contributed by atoms with Crippen molar-refractivity contribution in [2.24, 2.45) is 5.92 Å². The number of halogens is 1. The van der Waals surface area contributed by atoms with E-state index in [1.54, 1.807) is 6.92 Å². The normalized spacial score (nSPS) is 27.6. The number of hydrogen-bond acceptors (Lipinski definition) is 5. The van der Waals surface area contributed by atoms with Gasteiger partial charge < -0.3 is 14.2 Å². The number of esters is 1. The van der Waals surface area contributed by atoms with Crippen LogP contribution in [0.5, 0.6) is 0 Å². The minimum absolute atomic E-state index is 0.0807. The number of allylic oxidation sites excluding steroid dienone is 1. The van der Waals surface area contributed by atoms with Gasteiger partial charge in [0.15, 0.2) is 5.76 Å². The molecule has 0 bridgehead atoms. The van der Waals surface area contributed by atoms with E-state index in [1.807, 2.05) is 13.0 Å². The Balaban J connectivity index is 2.86. The summed E-state index contributed by atoms with van der Waals surface area (Å²) in [6, 6.07) is 1.87. The average Bonchev–Trinajstić information content (AvgIpc) is 2.32. The van der Waals surface area contributed by atoms with E-state index in [-0.39, 0.29) is 10.6 Å². The van der Waals surface area contributed by atoms with Crippen molar-refractivity contribution >= 4 is 21.9 Å². The number of rotatable bonds is 4. The lowest BCUT2D eigenvalue weighted by molar-refractivity contribution is -0.156. The molecule has 6 heteroatoms. The minimum Gasteiger partial charge on any atom is -0.466 e. The van der Waals surface area contributed by atoms with Gasteiger partial charge in [-0.2, -0.15) is 5.26 Å². The first-order chi connectivity index (χ1) is 8.13. The standard InChI is InChI=1S/C11H14BrNO4/c1-3-15-10(14)8-5-7(6-13)17-11(9(8)12)16-4-2/h5,8-9,11H,3-4H2,1-2H3. The Bertz CT molecular complexity index is 350. The van der Waals surface area contributed by atoms with Gasteiger partial charge in [-0.3, -0.25) is 4.79 Å². The summed E-state index contributed by atoms with van der Waals surface area (Å²) in [7, 11) is 0. The van der Waals surface area contributed by atoms with Crippen LogP contribution in [-0.4, -0.2) is 30.3 Å². The molecule has 94 valence electrons. The van der Waals surface area contributed by atoms with Crippen LogP contribution >= 0.6 is 15.9 Å². The maximum absolute atomic E-state index is 11.7. The Labute approximate surface area is 108 Å². The fourth-order valence-electron chi connectivity index (χ4n) is 1.44. The van der Waals surface area contributed by atoms with Crippen LogP contribution in [0.1, 0.15) is 13.8 Å². The van der Waals surface area contributed by atoms with E-state index in [0.717, 1.165) is 0 Å². The van der Waals surface area contributed by atoms with Gasteiger partial charge in [-0.1, -0.05) is 15.9 Å². The molecule has 0 aromatic carbocycles. The van der Waals surface area contributed by atoms with Crippen LogP contribution < -0.4 is 0 Å². The molecule has 17 heavy (non-hydrogen) atoms. The van der Waals surface area contributed by atoms with Crippen LogP contribution in [0, 0.1) is 17.2 Å². The molecule has 0 spiro atoms. The maximum Gasteiger partial charge on any atom is 0.314 e. The van der Waals surface area contributed by atoms with E-state index in [1.165, 1.54) is 6.08 Å². The van der Waals surface area contributed by atoms with Crippen LogP contribution in [0.4, 0.5) is 0 Å². The molecule has 0 saturated carbocycles. The van der Waals surface area contributed by atoms with E-state index >= 15 is 0 Å². The Morgan fingerprint density at radius 1 is 1.59 bits per heavy atom. The van der Waals surface area contributed by atoms with E-state index in [4.69, 9.17) is 19.5 Å². The lowest BCUT2D eigenvalue weighted by Gasteiger charge is -2.30. The predicted octanol–water partition coefficient (Wildman–Crippen LogP) is 1.73. The highest BCUT2D eigenvalue weighted by molar-refractivity contribution is 9.09. The van der Waals surface area contributed by atoms with Crippen molar-refractivity contribution in [3.05, 3.63) is 11.8 Å². The van der Waals surface area contributed by atoms with Crippen LogP contribution in [-0.2, 0) is 19.0 Å². The third-order valence-electron chi connectivity index (χ3n) is 2.18. The van der Waals surface area contributed by atoms with Gasteiger partial charge in [0.25, 0.3) is 0 Å². The highest BCUT2D eigenvalue weighted by Crippen LogP contribution is 2.30. The molecule has 3 unspecified atom stereocenters. The molecule has 0 saturated heterocycles. The van der Waals surface area contributed by atoms with Gasteiger partial charge in [-0.15, -0.1) is 0 Å². The highest BCUT2D eigenvalue weighted by Gasteiger charge is 2.38. The van der Waals surface area contributed by atoms with Gasteiger partial charge in [-0.25, -0.2) is 0 Å². The Hall–Kier alpha value is -1.06. The van der Waals surface area contributed by atoms with Crippen LogP contribution in [0.3, 0.4) is 0 Å². The molecule has 1 aliphatic heterocycles. The lowest BCUT2D eigenvalue weighted by atomic mass is 10.0. The van der Waals surface area contributed by atoms with E-state index in [9.17, 15) is 4.79 Å². The number of carbonyl (C=O) groups excluding carboxylic acids is 1. The molecule has 0 amide bonds. The van der Waals surface area contributed by atoms with Crippen molar-refractivity contribution in [1.29, 1.82) is 5.26 Å². The van der Waals surface area contributed by atoms with Crippen molar-refractivity contribution < 1.29 is 19.0 Å². The summed E-state index contributed by atoms with van der Waals surface area (Å²) >= 11 is 3.34. The third kappa shape index (κ3) is 3.45. The lowest BCUT2D eigenvalue weighted by Crippen LogP contribution is -2.40. The molecule has 5 nitrogen and oxygen atoms in total. The highest BCUT2D eigenvalue weighted by atomic mass is 79.9. The van der Waals surface area contributed by atoms with Gasteiger partial charge >= 0.3 is 5.97 Å². The Morgan fingerprint density at radius 2 is 2.29 bits per heavy atom. The molecule has 0 radical (unpaired) electrons. The molecule has 3 atom stereocenters. The fourth-order valence-corrected chi connectivity index (χ4v) is 2.07. The van der Waals surface area contributed by atoms with E-state index in [0.29, 0.717) is 13.2 Å². The van der Waals surface area contributed by atoms with Crippen molar-refractivity contribution in [1.82, 2.24) is 0 Å². The summed E-state index contributed by atoms with van der Waals surface area (Å²) in [6.45, 7) is 4.27. The zero-order valence-electron chi connectivity index (χ0n) is 9.68. The second-order valence-electron chi connectivity index (χ2n) is 3.31. The summed E-state index contributed by atoms with van der Waals surface area (Å²) < 4.78 is 15.5. The molecule has 1 heterocycles. The smallest absolute Gasteiger partial charge is 0.314 e. The first-order valence-electron chi connectivity index (χ1n) is 5.34. The van der Waals surface area contributed by atoms with Crippen LogP contribution in [0.25, 0.3) is 0 Å². The van der Waals surface area contributed by atoms with Gasteiger partial charge in [-0.05, 0) is 19.9 Å². The first kappa shape index (κ1) is 14.0. The zero-order valence-corrected chi connectivity index (χ0v) is 11.3. The van der Waals surface area contributed by atoms with Crippen molar-refractivity contribution in [3.8, 4) is 6.07 Å². The monoisotopic (exact) mass is 303 g/mol. The Kier molecular flexibility index (Phi) is 5.45. The van der Waals surface area contributed by atoms with Crippen molar-refractivity contribution in [2.45, 2.75) is 25.0 Å². The molecule has 0 aromatic rings. The fraction of sp³-hybridized carbons (Fsp3) is 0.636. The summed E-state index contributed by atoms with van der Waals surface area (Å²) in [5.74, 6) is -0.887. The average molecular weight is 304 g/mol. The first-order valence-corrected chi connectivity index (χ1v) is 6.26. The minimum atomic E-state index is -0.658. The number of hydrogen-bond donors (Lipinski definition) is 0. The largest absolute Gasteiger partial charge is 0.466 e. The van der Waals surface area contributed by atoms with Gasteiger partial charge in [0.2, 0.25) is 6.29 Å². The van der Waals surface area contributed by atoms with E-state index in [2.05, 4.69) is 15.9 Å². The number of nitriles is 1. The van der Waals surface area contributed by atoms with Crippen LogP contribution in [0.2, 0.25) is 0 Å². The molecule has 1 rings (SSSR count). The molecule has 1 aliphatic rings. The molecule has 0 N–H and O–H groups in total. The number of ether oxygens (including phenoxy) is 3. The van der Waals surface area contributed by atoms with Crippen LogP contribution in [0.15, 0.2) is 11.8 Å². The van der Waals surface area contributed by atoms with Gasteiger partial charge in [0, 0.05) is 6.61 Å². The number of carbonyl (C=O) groups is 1. The second kappa shape index (κ2) is 6.62. The Morgan fingerprint density at radius 3 is 2.82 bits per heavy atom. The second-order valence-corrected chi connectivity index (χ2v) is 4.36. The number of nitrogens with zero attached hydrogens (tertiary/aromatic N) is 1. The summed E-state index contributed by atoms with van der Waals surface area (Å²) in [6.07, 6.45) is 0.793. The molecule has 0 aliphatic carbocycles. The summed E-state index contributed by atoms with van der Waals surface area (Å²) in [5, 5.41) is 8.83. The number of alkyl halides is 1. The predicted molar refractivity (Wildman–Crippen MR) is 63.0 cm³/mol. The summed E-state index contributed by atoms with van der Waals surface area (Å²) in [4.78, 5) is 11.3. The van der Waals surface area contributed by atoms with Crippen molar-refractivity contribution in [2.75, 3.05) is 13.2 Å². The van der Waals surface area contributed by atoms with Gasteiger partial charge in [0.1, 0.15) is 6.07 Å². The third-order valence-corrected chi connectivity index (χ3v) is 3.18. The van der Waals surface area contributed by atoms with Crippen molar-refractivity contribution in [3.63, 3.8) is 0 Å². The summed E-state index contributed by atoms with van der Waals surface area (Å²) in [5.41, 5.74) is 0. The topological polar surface area (TPSA) is 68.6 Å². The molecular formula is C11H14BrNO4. The molecule has 0 aromatic heterocycles. The molecular weight excluding hydrogens is 290 g/mol. The maximum atomic E-state index is 11.7. The zero-order chi connectivity index (χ0) is 12.8. The quantitative estimate of drug-likeness (QED) is 0.584. The van der Waals surface area contributed by atoms with E-state index < -0.39 is 18.2 Å².